The first-order valence-corrected chi connectivity index (χ1v) is 12.5. The van der Waals surface area contributed by atoms with Gasteiger partial charge in [-0.05, 0) is 50.6 Å². The Bertz CT molecular complexity index is 1130. The van der Waals surface area contributed by atoms with Gasteiger partial charge < -0.3 is 14.4 Å². The van der Waals surface area contributed by atoms with Crippen molar-refractivity contribution in [2.45, 2.75) is 26.6 Å². The zero-order chi connectivity index (χ0) is 22.6. The van der Waals surface area contributed by atoms with Gasteiger partial charge in [-0.25, -0.2) is 4.68 Å². The van der Waals surface area contributed by atoms with Crippen molar-refractivity contribution in [1.82, 2.24) is 9.36 Å². The van der Waals surface area contributed by atoms with Crippen LogP contribution in [0.4, 0.5) is 5.69 Å². The second kappa shape index (κ2) is 10.0. The number of anilines is 1. The Morgan fingerprint density at radius 1 is 1.06 bits per heavy atom. The summed E-state index contributed by atoms with van der Waals surface area (Å²) < 4.78 is 29.2. The molecule has 1 N–H and O–H groups in total. The minimum atomic E-state index is -3.64. The lowest BCUT2D eigenvalue weighted by molar-refractivity contribution is 0.214. The van der Waals surface area contributed by atoms with E-state index in [1.807, 2.05) is 68.6 Å². The topological polar surface area (TPSA) is 74.5 Å². The molecule has 3 rings (SSSR count). The first-order valence-electron chi connectivity index (χ1n) is 10.1. The third-order valence-corrected chi connectivity index (χ3v) is 7.72. The highest BCUT2D eigenvalue weighted by atomic mass is 79.9. The molecule has 0 saturated heterocycles. The Balaban J connectivity index is 2.15. The van der Waals surface area contributed by atoms with E-state index in [0.29, 0.717) is 16.9 Å². The van der Waals surface area contributed by atoms with Gasteiger partial charge in [0.2, 0.25) is 0 Å². The van der Waals surface area contributed by atoms with Crippen LogP contribution in [0, 0.1) is 6.92 Å². The zero-order valence-corrected chi connectivity index (χ0v) is 20.5. The van der Waals surface area contributed by atoms with Gasteiger partial charge in [-0.15, -0.1) is 0 Å². The Hall–Kier alpha value is -2.12. The van der Waals surface area contributed by atoms with E-state index in [1.54, 1.807) is 23.2 Å². The van der Waals surface area contributed by atoms with E-state index >= 15 is 0 Å². The Labute approximate surface area is 190 Å². The van der Waals surface area contributed by atoms with Gasteiger partial charge in [0.05, 0.1) is 24.6 Å². The summed E-state index contributed by atoms with van der Waals surface area (Å²) in [6.45, 7) is 5.80. The second-order valence-electron chi connectivity index (χ2n) is 6.91. The molecule has 0 fully saturated rings. The van der Waals surface area contributed by atoms with Crippen molar-refractivity contribution in [1.29, 1.82) is 0 Å². The number of aromatic nitrogens is 2. The zero-order valence-electron chi connectivity index (χ0n) is 18.0. The molecular formula is C22H27BrN3O4P. The highest BCUT2D eigenvalue weighted by molar-refractivity contribution is 9.10. The van der Waals surface area contributed by atoms with Gasteiger partial charge in [0.15, 0.2) is 5.78 Å². The summed E-state index contributed by atoms with van der Waals surface area (Å²) in [6, 6.07) is 16.8. The Morgan fingerprint density at radius 2 is 1.71 bits per heavy atom. The second-order valence-corrected chi connectivity index (χ2v) is 9.94. The van der Waals surface area contributed by atoms with E-state index in [2.05, 4.69) is 21.2 Å². The molecule has 166 valence electrons. The van der Waals surface area contributed by atoms with Crippen molar-refractivity contribution < 1.29 is 13.6 Å². The highest BCUT2D eigenvalue weighted by Gasteiger charge is 2.38. The van der Waals surface area contributed by atoms with Crippen LogP contribution in [0.3, 0.4) is 0 Å². The fraction of sp³-hybridized carbons (Fsp3) is 0.318. The third kappa shape index (κ3) is 4.88. The quantitative estimate of drug-likeness (QED) is 0.380. The van der Waals surface area contributed by atoms with Crippen LogP contribution >= 0.6 is 23.5 Å². The maximum atomic E-state index is 13.8. The van der Waals surface area contributed by atoms with Gasteiger partial charge in [0, 0.05) is 11.5 Å². The maximum Gasteiger partial charge on any atom is 0.357 e. The van der Waals surface area contributed by atoms with Crippen molar-refractivity contribution in [3.63, 3.8) is 0 Å². The number of halogens is 1. The van der Waals surface area contributed by atoms with E-state index in [-0.39, 0.29) is 18.8 Å². The standard InChI is InChI=1S/C22H27BrN3O4P/c1-5-29-31(28,30-6-2)21(17-11-10-12-18(23)15-17)24-20-16(3)25(4)26(22(20)27)19-13-8-7-9-14-19/h7-15,21,24H,5-6H2,1-4H3. The predicted octanol–water partition coefficient (Wildman–Crippen LogP) is 5.62. The van der Waals surface area contributed by atoms with Crippen LogP contribution in [-0.2, 0) is 20.7 Å². The van der Waals surface area contributed by atoms with E-state index in [4.69, 9.17) is 9.05 Å². The lowest BCUT2D eigenvalue weighted by Gasteiger charge is -2.28. The molecule has 2 aromatic carbocycles. The van der Waals surface area contributed by atoms with Crippen LogP contribution < -0.4 is 10.9 Å². The predicted molar refractivity (Wildman–Crippen MR) is 127 cm³/mol. The molecule has 1 aromatic heterocycles. The molecule has 3 aromatic rings. The maximum absolute atomic E-state index is 13.8. The monoisotopic (exact) mass is 507 g/mol. The number of hydrogen-bond acceptors (Lipinski definition) is 5. The first-order chi connectivity index (χ1) is 14.8. The number of nitrogens with one attached hydrogen (secondary N) is 1. The van der Waals surface area contributed by atoms with Crippen molar-refractivity contribution in [3.8, 4) is 5.69 Å². The molecule has 1 atom stereocenters. The fourth-order valence-corrected chi connectivity index (χ4v) is 5.76. The average molecular weight is 508 g/mol. The van der Waals surface area contributed by atoms with Crippen LogP contribution in [0.1, 0.15) is 30.9 Å². The summed E-state index contributed by atoms with van der Waals surface area (Å²) >= 11 is 3.47. The van der Waals surface area contributed by atoms with Gasteiger partial charge in [-0.1, -0.05) is 46.3 Å². The van der Waals surface area contributed by atoms with Crippen LogP contribution in [0.15, 0.2) is 63.9 Å². The van der Waals surface area contributed by atoms with E-state index < -0.39 is 13.4 Å². The smallest absolute Gasteiger partial charge is 0.357 e. The van der Waals surface area contributed by atoms with Crippen molar-refractivity contribution in [2.24, 2.45) is 7.05 Å². The fourth-order valence-electron chi connectivity index (χ4n) is 3.44. The van der Waals surface area contributed by atoms with Crippen molar-refractivity contribution in [3.05, 3.63) is 80.7 Å². The van der Waals surface area contributed by atoms with Gasteiger partial charge in [0.25, 0.3) is 5.56 Å². The molecule has 0 spiro atoms. The summed E-state index contributed by atoms with van der Waals surface area (Å²) in [4.78, 5) is 13.4. The molecule has 0 amide bonds. The Morgan fingerprint density at radius 3 is 2.29 bits per heavy atom. The largest absolute Gasteiger partial charge is 0.362 e. The third-order valence-electron chi connectivity index (χ3n) is 4.93. The molecule has 0 aliphatic heterocycles. The summed E-state index contributed by atoms with van der Waals surface area (Å²) in [6.07, 6.45) is 0. The molecule has 1 unspecified atom stereocenters. The molecule has 0 bridgehead atoms. The average Bonchev–Trinajstić information content (AvgIpc) is 2.95. The molecule has 0 aliphatic rings. The minimum Gasteiger partial charge on any atom is -0.362 e. The van der Waals surface area contributed by atoms with E-state index in [1.165, 1.54) is 0 Å². The molecule has 31 heavy (non-hydrogen) atoms. The number of rotatable bonds is 9. The molecule has 1 heterocycles. The van der Waals surface area contributed by atoms with Gasteiger partial charge in [0.1, 0.15) is 5.69 Å². The Kier molecular flexibility index (Phi) is 7.59. The number of benzene rings is 2. The minimum absolute atomic E-state index is 0.214. The summed E-state index contributed by atoms with van der Waals surface area (Å²) in [5.41, 5.74) is 2.23. The highest BCUT2D eigenvalue weighted by Crippen LogP contribution is 2.60. The van der Waals surface area contributed by atoms with Crippen LogP contribution in [0.5, 0.6) is 0 Å². The van der Waals surface area contributed by atoms with Crippen LogP contribution in [-0.4, -0.2) is 22.6 Å². The SMILES string of the molecule is CCOP(=O)(OCC)C(Nc1c(C)n(C)n(-c2ccccc2)c1=O)c1cccc(Br)c1. The number of hydrogen-bond donors (Lipinski definition) is 1. The number of para-hydroxylation sites is 1. The normalized spacial score (nSPS) is 12.7. The van der Waals surface area contributed by atoms with Crippen molar-refractivity contribution >= 4 is 29.2 Å². The van der Waals surface area contributed by atoms with Crippen LogP contribution in [0.25, 0.3) is 5.69 Å². The van der Waals surface area contributed by atoms with Gasteiger partial charge in [-0.2, -0.15) is 0 Å². The van der Waals surface area contributed by atoms with E-state index in [0.717, 1.165) is 10.2 Å². The lowest BCUT2D eigenvalue weighted by atomic mass is 10.2. The molecule has 0 radical (unpaired) electrons. The summed E-state index contributed by atoms with van der Waals surface area (Å²) in [7, 11) is -1.83. The lowest BCUT2D eigenvalue weighted by Crippen LogP contribution is -2.23. The molecule has 0 aliphatic carbocycles. The van der Waals surface area contributed by atoms with E-state index in [9.17, 15) is 9.36 Å². The molecule has 0 saturated carbocycles. The molecule has 9 heteroatoms. The van der Waals surface area contributed by atoms with Crippen LogP contribution in [0.2, 0.25) is 0 Å². The molecule has 7 nitrogen and oxygen atoms in total. The molecular weight excluding hydrogens is 481 g/mol. The summed E-state index contributed by atoms with van der Waals surface area (Å²) in [5.74, 6) is -0.858. The summed E-state index contributed by atoms with van der Waals surface area (Å²) in [5, 5.41) is 3.21. The van der Waals surface area contributed by atoms with Crippen molar-refractivity contribution in [2.75, 3.05) is 18.5 Å². The first kappa shape index (κ1) is 23.5. The van der Waals surface area contributed by atoms with Gasteiger partial charge in [-0.3, -0.25) is 14.0 Å². The number of nitrogens with zero attached hydrogens (tertiary/aromatic N) is 2. The van der Waals surface area contributed by atoms with Gasteiger partial charge >= 0.3 is 7.60 Å².